The molecule has 4 rings (SSSR count). The maximum Gasteiger partial charge on any atom is 0.230 e. The highest BCUT2D eigenvalue weighted by Gasteiger charge is 2.39. The lowest BCUT2D eigenvalue weighted by atomic mass is 10.2. The number of carbonyl (C=O) groups excluding carboxylic acids is 2. The predicted molar refractivity (Wildman–Crippen MR) is 118 cm³/mol. The molecule has 1 saturated heterocycles. The summed E-state index contributed by atoms with van der Waals surface area (Å²) in [6.45, 7) is 3.98. The number of halogens is 1. The molecule has 2 heterocycles. The van der Waals surface area contributed by atoms with Crippen molar-refractivity contribution in [3.8, 4) is 0 Å². The standard InChI is InChI=1S/C21H28BrN3O4S/c22-17-13-16-5-10-25(21(27)15-3-4-15)20(16)18(14-17)30(28,29)12-6-19(26)23-7-11-24-8-1-2-9-24/h13-15H,1-12H2,(H,23,26). The predicted octanol–water partition coefficient (Wildman–Crippen LogP) is 2.12. The third kappa shape index (κ3) is 4.89. The number of hydrogen-bond donors (Lipinski definition) is 1. The Hall–Kier alpha value is -1.45. The minimum atomic E-state index is -3.71. The average molecular weight is 498 g/mol. The van der Waals surface area contributed by atoms with Gasteiger partial charge in [-0.1, -0.05) is 15.9 Å². The van der Waals surface area contributed by atoms with Gasteiger partial charge in [0, 0.05) is 36.4 Å². The number of carbonyl (C=O) groups is 2. The van der Waals surface area contributed by atoms with E-state index in [1.807, 2.05) is 6.07 Å². The van der Waals surface area contributed by atoms with Gasteiger partial charge in [-0.25, -0.2) is 8.42 Å². The molecule has 0 aromatic heterocycles. The third-order valence-corrected chi connectivity index (χ3v) is 8.25. The highest BCUT2D eigenvalue weighted by atomic mass is 79.9. The molecular formula is C21H28BrN3O4S. The number of anilines is 1. The molecule has 1 aliphatic carbocycles. The number of sulfone groups is 1. The fourth-order valence-corrected chi connectivity index (χ4v) is 6.44. The molecule has 2 fully saturated rings. The van der Waals surface area contributed by atoms with Crippen LogP contribution in [-0.2, 0) is 25.8 Å². The van der Waals surface area contributed by atoms with Gasteiger partial charge in [-0.2, -0.15) is 0 Å². The Bertz CT molecular complexity index is 940. The smallest absolute Gasteiger partial charge is 0.230 e. The molecule has 0 unspecified atom stereocenters. The Morgan fingerprint density at radius 1 is 1.13 bits per heavy atom. The van der Waals surface area contributed by atoms with E-state index in [1.54, 1.807) is 11.0 Å². The van der Waals surface area contributed by atoms with Crippen molar-refractivity contribution in [2.45, 2.75) is 43.4 Å². The largest absolute Gasteiger partial charge is 0.355 e. The molecule has 3 aliphatic rings. The van der Waals surface area contributed by atoms with Crippen LogP contribution < -0.4 is 10.2 Å². The van der Waals surface area contributed by atoms with Gasteiger partial charge in [0.2, 0.25) is 11.8 Å². The van der Waals surface area contributed by atoms with E-state index < -0.39 is 9.84 Å². The summed E-state index contributed by atoms with van der Waals surface area (Å²) in [5.74, 6) is -0.476. The molecule has 0 atom stereocenters. The maximum atomic E-state index is 13.1. The van der Waals surface area contributed by atoms with Gasteiger partial charge in [-0.15, -0.1) is 0 Å². The van der Waals surface area contributed by atoms with E-state index in [9.17, 15) is 18.0 Å². The van der Waals surface area contributed by atoms with Crippen molar-refractivity contribution in [2.75, 3.05) is 43.4 Å². The molecule has 7 nitrogen and oxygen atoms in total. The van der Waals surface area contributed by atoms with E-state index in [0.717, 1.165) is 38.0 Å². The molecule has 1 saturated carbocycles. The Balaban J connectivity index is 1.42. The second-order valence-electron chi connectivity index (χ2n) is 8.39. The topological polar surface area (TPSA) is 86.8 Å². The van der Waals surface area contributed by atoms with Gasteiger partial charge >= 0.3 is 0 Å². The van der Waals surface area contributed by atoms with Gasteiger partial charge in [0.05, 0.1) is 16.3 Å². The zero-order chi connectivity index (χ0) is 21.3. The molecular weight excluding hydrogens is 470 g/mol. The van der Waals surface area contributed by atoms with Crippen LogP contribution in [0.5, 0.6) is 0 Å². The van der Waals surface area contributed by atoms with Crippen molar-refractivity contribution in [1.82, 2.24) is 10.2 Å². The van der Waals surface area contributed by atoms with Gasteiger partial charge in [-0.3, -0.25) is 9.59 Å². The summed E-state index contributed by atoms with van der Waals surface area (Å²) in [5, 5.41) is 2.83. The Morgan fingerprint density at radius 3 is 2.57 bits per heavy atom. The second kappa shape index (κ2) is 8.96. The van der Waals surface area contributed by atoms with Crippen molar-refractivity contribution < 1.29 is 18.0 Å². The van der Waals surface area contributed by atoms with Crippen LogP contribution in [0.4, 0.5) is 5.69 Å². The number of hydrogen-bond acceptors (Lipinski definition) is 5. The fourth-order valence-electron chi connectivity index (χ4n) is 4.26. The SMILES string of the molecule is O=C(CCS(=O)(=O)c1cc(Br)cc2c1N(C(=O)C1CC1)CC2)NCCN1CCCC1. The van der Waals surface area contributed by atoms with E-state index in [4.69, 9.17) is 0 Å². The second-order valence-corrected chi connectivity index (χ2v) is 11.4. The van der Waals surface area contributed by atoms with Crippen molar-refractivity contribution >= 4 is 43.3 Å². The highest BCUT2D eigenvalue weighted by molar-refractivity contribution is 9.10. The fraction of sp³-hybridized carbons (Fsp3) is 0.619. The molecule has 1 aromatic carbocycles. The lowest BCUT2D eigenvalue weighted by Crippen LogP contribution is -2.34. The van der Waals surface area contributed by atoms with Crippen LogP contribution in [0.15, 0.2) is 21.5 Å². The van der Waals surface area contributed by atoms with E-state index in [-0.39, 0.29) is 34.8 Å². The monoisotopic (exact) mass is 497 g/mol. The lowest BCUT2D eigenvalue weighted by molar-refractivity contribution is -0.121. The highest BCUT2D eigenvalue weighted by Crippen LogP contribution is 2.41. The summed E-state index contributed by atoms with van der Waals surface area (Å²) in [6.07, 6.45) is 4.71. The third-order valence-electron chi connectivity index (χ3n) is 6.07. The molecule has 164 valence electrons. The number of nitrogens with one attached hydrogen (secondary N) is 1. The molecule has 0 spiro atoms. The van der Waals surface area contributed by atoms with Crippen molar-refractivity contribution in [2.24, 2.45) is 5.92 Å². The molecule has 1 aromatic rings. The first-order chi connectivity index (χ1) is 14.3. The molecule has 0 radical (unpaired) electrons. The van der Waals surface area contributed by atoms with Gasteiger partial charge < -0.3 is 15.1 Å². The lowest BCUT2D eigenvalue weighted by Gasteiger charge is -2.21. The first-order valence-electron chi connectivity index (χ1n) is 10.7. The zero-order valence-electron chi connectivity index (χ0n) is 17.0. The van der Waals surface area contributed by atoms with Crippen LogP contribution in [0, 0.1) is 5.92 Å². The minimum absolute atomic E-state index is 0.0205. The number of likely N-dealkylation sites (tertiary alicyclic amines) is 1. The molecule has 9 heteroatoms. The number of nitrogens with zero attached hydrogens (tertiary/aromatic N) is 2. The average Bonchev–Trinajstić information content (AvgIpc) is 3.27. The Kier molecular flexibility index (Phi) is 6.50. The van der Waals surface area contributed by atoms with Crippen LogP contribution in [0.2, 0.25) is 0 Å². The van der Waals surface area contributed by atoms with Crippen LogP contribution in [0.3, 0.4) is 0 Å². The van der Waals surface area contributed by atoms with E-state index in [0.29, 0.717) is 29.7 Å². The van der Waals surface area contributed by atoms with Crippen LogP contribution in [0.25, 0.3) is 0 Å². The normalized spacial score (nSPS) is 19.2. The van der Waals surface area contributed by atoms with Crippen LogP contribution in [0.1, 0.15) is 37.7 Å². The summed E-state index contributed by atoms with van der Waals surface area (Å²) in [6, 6.07) is 3.46. The number of amides is 2. The number of benzene rings is 1. The Morgan fingerprint density at radius 2 is 1.87 bits per heavy atom. The zero-order valence-corrected chi connectivity index (χ0v) is 19.4. The molecule has 2 aliphatic heterocycles. The first kappa shape index (κ1) is 21.8. The molecule has 2 amide bonds. The van der Waals surface area contributed by atoms with Crippen LogP contribution >= 0.6 is 15.9 Å². The minimum Gasteiger partial charge on any atom is -0.355 e. The maximum absolute atomic E-state index is 13.1. The summed E-state index contributed by atoms with van der Waals surface area (Å²) in [4.78, 5) is 29.0. The number of rotatable bonds is 8. The summed E-state index contributed by atoms with van der Waals surface area (Å²) in [5.41, 5.74) is 1.39. The molecule has 1 N–H and O–H groups in total. The van der Waals surface area contributed by atoms with Gasteiger partial charge in [-0.05, 0) is 62.9 Å². The van der Waals surface area contributed by atoms with E-state index in [2.05, 4.69) is 26.1 Å². The molecule has 30 heavy (non-hydrogen) atoms. The van der Waals surface area contributed by atoms with Gasteiger partial charge in [0.15, 0.2) is 9.84 Å². The Labute approximate surface area is 186 Å². The first-order valence-corrected chi connectivity index (χ1v) is 13.2. The van der Waals surface area contributed by atoms with Gasteiger partial charge in [0.1, 0.15) is 0 Å². The summed E-state index contributed by atoms with van der Waals surface area (Å²) < 4.78 is 27.0. The summed E-state index contributed by atoms with van der Waals surface area (Å²) >= 11 is 3.40. The van der Waals surface area contributed by atoms with Crippen LogP contribution in [-0.4, -0.2) is 63.6 Å². The molecule has 0 bridgehead atoms. The van der Waals surface area contributed by atoms with Gasteiger partial charge in [0.25, 0.3) is 0 Å². The van der Waals surface area contributed by atoms with Crippen molar-refractivity contribution in [3.63, 3.8) is 0 Å². The quantitative estimate of drug-likeness (QED) is 0.594. The van der Waals surface area contributed by atoms with Crippen molar-refractivity contribution in [3.05, 3.63) is 22.2 Å². The summed E-state index contributed by atoms with van der Waals surface area (Å²) in [7, 11) is -3.71. The number of fused-ring (bicyclic) bond motifs is 1. The van der Waals surface area contributed by atoms with E-state index in [1.165, 1.54) is 12.8 Å². The van der Waals surface area contributed by atoms with E-state index >= 15 is 0 Å². The van der Waals surface area contributed by atoms with Crippen molar-refractivity contribution in [1.29, 1.82) is 0 Å².